The van der Waals surface area contributed by atoms with Crippen LogP contribution in [0.15, 0.2) is 0 Å². The van der Waals surface area contributed by atoms with Gasteiger partial charge >= 0.3 is 0 Å². The van der Waals surface area contributed by atoms with Crippen molar-refractivity contribution in [3.8, 4) is 0 Å². The Morgan fingerprint density at radius 3 is 2.75 bits per heavy atom. The molecule has 0 aromatic rings. The molecule has 3 heterocycles. The number of carbonyl (C=O) groups excluding carboxylic acids is 2. The van der Waals surface area contributed by atoms with E-state index in [9.17, 15) is 9.59 Å². The third-order valence-electron chi connectivity index (χ3n) is 4.76. The SMILES string of the molecule is CCN1C(=O)SC2(CCCN(C3CCNCC3)C2)C1=O. The molecule has 5 nitrogen and oxygen atoms in total. The van der Waals surface area contributed by atoms with E-state index in [0.717, 1.165) is 51.9 Å². The minimum atomic E-state index is -0.490. The first-order valence-corrected chi connectivity index (χ1v) is 8.47. The van der Waals surface area contributed by atoms with E-state index in [-0.39, 0.29) is 11.1 Å². The molecule has 112 valence electrons. The van der Waals surface area contributed by atoms with Gasteiger partial charge in [-0.25, -0.2) is 0 Å². The predicted octanol–water partition coefficient (Wildman–Crippen LogP) is 1.29. The van der Waals surface area contributed by atoms with Crippen molar-refractivity contribution in [2.24, 2.45) is 0 Å². The Bertz CT molecular complexity index is 411. The Kier molecular flexibility index (Phi) is 4.06. The summed E-state index contributed by atoms with van der Waals surface area (Å²) < 4.78 is -0.490. The van der Waals surface area contributed by atoms with E-state index in [2.05, 4.69) is 10.2 Å². The number of hydrogen-bond donors (Lipinski definition) is 1. The summed E-state index contributed by atoms with van der Waals surface area (Å²) in [6, 6.07) is 0.576. The molecule has 6 heteroatoms. The first-order chi connectivity index (χ1) is 9.66. The molecule has 3 fully saturated rings. The maximum Gasteiger partial charge on any atom is 0.289 e. The number of thioether (sulfide) groups is 1. The van der Waals surface area contributed by atoms with Gasteiger partial charge in [0, 0.05) is 19.1 Å². The van der Waals surface area contributed by atoms with Crippen molar-refractivity contribution in [1.82, 2.24) is 15.1 Å². The standard InChI is InChI=1S/C14H23N3O2S/c1-2-17-12(18)14(20-13(17)19)6-3-9-16(10-14)11-4-7-15-8-5-11/h11,15H,2-10H2,1H3. The third-order valence-corrected chi connectivity index (χ3v) is 6.06. The van der Waals surface area contributed by atoms with Crippen LogP contribution in [0, 0.1) is 0 Å². The van der Waals surface area contributed by atoms with Crippen LogP contribution in [0.2, 0.25) is 0 Å². The fourth-order valence-corrected chi connectivity index (χ4v) is 4.99. The van der Waals surface area contributed by atoms with Gasteiger partial charge in [0.05, 0.1) is 0 Å². The lowest BCUT2D eigenvalue weighted by atomic mass is 9.92. The highest BCUT2D eigenvalue weighted by molar-refractivity contribution is 8.16. The topological polar surface area (TPSA) is 52.7 Å². The summed E-state index contributed by atoms with van der Waals surface area (Å²) in [7, 11) is 0. The molecule has 1 atom stereocenters. The van der Waals surface area contributed by atoms with Crippen molar-refractivity contribution >= 4 is 22.9 Å². The van der Waals surface area contributed by atoms with Crippen LogP contribution in [0.3, 0.4) is 0 Å². The van der Waals surface area contributed by atoms with E-state index < -0.39 is 4.75 Å². The fraction of sp³-hybridized carbons (Fsp3) is 0.857. The molecule has 1 unspecified atom stereocenters. The van der Waals surface area contributed by atoms with Gasteiger partial charge in [-0.2, -0.15) is 0 Å². The molecule has 3 saturated heterocycles. The zero-order chi connectivity index (χ0) is 14.2. The predicted molar refractivity (Wildman–Crippen MR) is 79.8 cm³/mol. The van der Waals surface area contributed by atoms with E-state index in [1.54, 1.807) is 0 Å². The fourth-order valence-electron chi connectivity index (χ4n) is 3.66. The van der Waals surface area contributed by atoms with Crippen LogP contribution in [0.5, 0.6) is 0 Å². The molecule has 20 heavy (non-hydrogen) atoms. The van der Waals surface area contributed by atoms with Crippen LogP contribution in [-0.2, 0) is 4.79 Å². The molecule has 0 aliphatic carbocycles. The van der Waals surface area contributed by atoms with E-state index in [1.807, 2.05) is 6.92 Å². The van der Waals surface area contributed by atoms with E-state index in [4.69, 9.17) is 0 Å². The molecule has 0 aromatic heterocycles. The smallest absolute Gasteiger partial charge is 0.289 e. The minimum Gasteiger partial charge on any atom is -0.317 e. The van der Waals surface area contributed by atoms with E-state index in [0.29, 0.717) is 12.6 Å². The molecular formula is C14H23N3O2S. The average Bonchev–Trinajstić information content (AvgIpc) is 2.70. The lowest BCUT2D eigenvalue weighted by Gasteiger charge is -2.43. The van der Waals surface area contributed by atoms with Crippen LogP contribution < -0.4 is 5.32 Å². The van der Waals surface area contributed by atoms with Crippen LogP contribution in [0.4, 0.5) is 4.79 Å². The molecule has 1 N–H and O–H groups in total. The number of imide groups is 1. The van der Waals surface area contributed by atoms with Gasteiger partial charge in [0.15, 0.2) is 0 Å². The van der Waals surface area contributed by atoms with Gasteiger partial charge in [0.2, 0.25) is 5.91 Å². The second-order valence-electron chi connectivity index (χ2n) is 5.97. The van der Waals surface area contributed by atoms with Crippen molar-refractivity contribution in [2.75, 3.05) is 32.7 Å². The van der Waals surface area contributed by atoms with Crippen molar-refractivity contribution in [3.05, 3.63) is 0 Å². The van der Waals surface area contributed by atoms with Crippen LogP contribution in [-0.4, -0.2) is 64.5 Å². The first-order valence-electron chi connectivity index (χ1n) is 7.66. The van der Waals surface area contributed by atoms with Crippen molar-refractivity contribution in [1.29, 1.82) is 0 Å². The van der Waals surface area contributed by atoms with Crippen LogP contribution in [0.25, 0.3) is 0 Å². The van der Waals surface area contributed by atoms with Crippen molar-refractivity contribution in [3.63, 3.8) is 0 Å². The Balaban J connectivity index is 1.74. The summed E-state index contributed by atoms with van der Waals surface area (Å²) in [5, 5.41) is 3.33. The molecule has 3 rings (SSSR count). The van der Waals surface area contributed by atoms with Gasteiger partial charge < -0.3 is 5.32 Å². The van der Waals surface area contributed by atoms with Gasteiger partial charge in [0.25, 0.3) is 5.24 Å². The molecule has 0 aromatic carbocycles. The quantitative estimate of drug-likeness (QED) is 0.832. The van der Waals surface area contributed by atoms with Gasteiger partial charge in [-0.05, 0) is 64.0 Å². The van der Waals surface area contributed by atoms with E-state index >= 15 is 0 Å². The van der Waals surface area contributed by atoms with Gasteiger partial charge in [-0.1, -0.05) is 0 Å². The maximum atomic E-state index is 12.6. The van der Waals surface area contributed by atoms with Gasteiger partial charge in [0.1, 0.15) is 4.75 Å². The number of piperidine rings is 2. The molecule has 2 amide bonds. The van der Waals surface area contributed by atoms with E-state index in [1.165, 1.54) is 16.7 Å². The summed E-state index contributed by atoms with van der Waals surface area (Å²) in [6.07, 6.45) is 4.18. The number of hydrogen-bond acceptors (Lipinski definition) is 5. The number of amides is 2. The number of rotatable bonds is 2. The third kappa shape index (κ3) is 2.38. The molecule has 0 radical (unpaired) electrons. The summed E-state index contributed by atoms with van der Waals surface area (Å²) in [6.45, 7) is 6.33. The van der Waals surface area contributed by atoms with Crippen LogP contribution in [0.1, 0.15) is 32.6 Å². The molecule has 3 aliphatic rings. The van der Waals surface area contributed by atoms with Crippen molar-refractivity contribution in [2.45, 2.75) is 43.4 Å². The second-order valence-corrected chi connectivity index (χ2v) is 7.30. The molecule has 0 saturated carbocycles. The summed E-state index contributed by atoms with van der Waals surface area (Å²) in [5.41, 5.74) is 0. The maximum absolute atomic E-state index is 12.6. The van der Waals surface area contributed by atoms with Gasteiger partial charge in [-0.3, -0.25) is 19.4 Å². The molecule has 0 bridgehead atoms. The Morgan fingerprint density at radius 2 is 2.10 bits per heavy atom. The Hall–Kier alpha value is -0.590. The Labute approximate surface area is 124 Å². The zero-order valence-corrected chi connectivity index (χ0v) is 12.9. The molecule has 1 spiro atoms. The highest BCUT2D eigenvalue weighted by Crippen LogP contribution is 2.44. The lowest BCUT2D eigenvalue weighted by molar-refractivity contribution is -0.131. The summed E-state index contributed by atoms with van der Waals surface area (Å²) >= 11 is 1.28. The zero-order valence-electron chi connectivity index (χ0n) is 12.1. The number of likely N-dealkylation sites (tertiary alicyclic amines) is 1. The minimum absolute atomic E-state index is 0.0497. The largest absolute Gasteiger partial charge is 0.317 e. The highest BCUT2D eigenvalue weighted by atomic mass is 32.2. The lowest BCUT2D eigenvalue weighted by Crippen LogP contribution is -2.55. The number of nitrogens with one attached hydrogen (secondary N) is 1. The monoisotopic (exact) mass is 297 g/mol. The number of nitrogens with zero attached hydrogens (tertiary/aromatic N) is 2. The summed E-state index contributed by atoms with van der Waals surface area (Å²) in [4.78, 5) is 28.5. The van der Waals surface area contributed by atoms with Gasteiger partial charge in [-0.15, -0.1) is 0 Å². The number of carbonyl (C=O) groups is 2. The highest BCUT2D eigenvalue weighted by Gasteiger charge is 2.54. The normalized spacial score (nSPS) is 33.4. The average molecular weight is 297 g/mol. The second kappa shape index (κ2) is 5.66. The Morgan fingerprint density at radius 1 is 1.35 bits per heavy atom. The molecule has 3 aliphatic heterocycles. The van der Waals surface area contributed by atoms with Crippen molar-refractivity contribution < 1.29 is 9.59 Å². The molecular weight excluding hydrogens is 274 g/mol. The summed E-state index contributed by atoms with van der Waals surface area (Å²) in [5.74, 6) is 0.0497. The first kappa shape index (κ1) is 14.4. The van der Waals surface area contributed by atoms with Crippen LogP contribution >= 0.6 is 11.8 Å².